The van der Waals surface area contributed by atoms with Gasteiger partial charge in [-0.1, -0.05) is 37.3 Å². The van der Waals surface area contributed by atoms with Crippen LogP contribution in [-0.4, -0.2) is 29.7 Å². The Morgan fingerprint density at radius 2 is 1.81 bits per heavy atom. The molecule has 1 aliphatic heterocycles. The number of allylic oxidation sites excluding steroid dienone is 2. The van der Waals surface area contributed by atoms with Crippen LogP contribution in [0.15, 0.2) is 23.9 Å². The third-order valence-corrected chi connectivity index (χ3v) is 3.05. The van der Waals surface area contributed by atoms with Gasteiger partial charge in [0.05, 0.1) is 0 Å². The van der Waals surface area contributed by atoms with Gasteiger partial charge in [-0.2, -0.15) is 0 Å². The molecule has 0 atom stereocenters. The Morgan fingerprint density at radius 3 is 2.44 bits per heavy atom. The Labute approximate surface area is 99.7 Å². The van der Waals surface area contributed by atoms with E-state index in [2.05, 4.69) is 30.2 Å². The SMILES string of the molecule is CC1=CCN(CCCCCCCCO)C=C1. The molecule has 1 N–H and O–H groups in total. The summed E-state index contributed by atoms with van der Waals surface area (Å²) < 4.78 is 0. The van der Waals surface area contributed by atoms with E-state index in [9.17, 15) is 0 Å². The molecule has 1 heterocycles. The molecule has 1 aliphatic rings. The van der Waals surface area contributed by atoms with Gasteiger partial charge in [-0.05, 0) is 32.0 Å². The first-order chi connectivity index (χ1) is 7.83. The lowest BCUT2D eigenvalue weighted by molar-refractivity contribution is 0.282. The van der Waals surface area contributed by atoms with Crippen molar-refractivity contribution in [3.63, 3.8) is 0 Å². The van der Waals surface area contributed by atoms with Crippen LogP contribution in [0.3, 0.4) is 0 Å². The van der Waals surface area contributed by atoms with E-state index >= 15 is 0 Å². The van der Waals surface area contributed by atoms with Gasteiger partial charge in [0, 0.05) is 19.7 Å². The molecule has 0 aliphatic carbocycles. The molecule has 1 rings (SSSR count). The summed E-state index contributed by atoms with van der Waals surface area (Å²) in [6, 6.07) is 0. The third-order valence-electron chi connectivity index (χ3n) is 3.05. The zero-order valence-electron chi connectivity index (χ0n) is 10.5. The summed E-state index contributed by atoms with van der Waals surface area (Å²) in [7, 11) is 0. The first kappa shape index (κ1) is 13.3. The van der Waals surface area contributed by atoms with Crippen molar-refractivity contribution in [1.82, 2.24) is 4.90 Å². The predicted molar refractivity (Wildman–Crippen MR) is 69.3 cm³/mol. The number of nitrogens with zero attached hydrogens (tertiary/aromatic N) is 1. The minimum absolute atomic E-state index is 0.351. The summed E-state index contributed by atoms with van der Waals surface area (Å²) in [5.74, 6) is 0. The molecule has 0 amide bonds. The molecule has 0 spiro atoms. The van der Waals surface area contributed by atoms with Crippen LogP contribution < -0.4 is 0 Å². The summed E-state index contributed by atoms with van der Waals surface area (Å²) in [5, 5.41) is 8.64. The van der Waals surface area contributed by atoms with Crippen LogP contribution in [-0.2, 0) is 0 Å². The fourth-order valence-corrected chi connectivity index (χ4v) is 1.91. The molecule has 0 aromatic rings. The number of rotatable bonds is 8. The van der Waals surface area contributed by atoms with E-state index in [4.69, 9.17) is 5.11 Å². The summed E-state index contributed by atoms with van der Waals surface area (Å²) in [6.07, 6.45) is 14.0. The lowest BCUT2D eigenvalue weighted by Gasteiger charge is -2.21. The zero-order chi connectivity index (χ0) is 11.6. The summed E-state index contributed by atoms with van der Waals surface area (Å²) >= 11 is 0. The van der Waals surface area contributed by atoms with Crippen LogP contribution in [0.5, 0.6) is 0 Å². The summed E-state index contributed by atoms with van der Waals surface area (Å²) in [4.78, 5) is 2.38. The van der Waals surface area contributed by atoms with Crippen molar-refractivity contribution in [3.8, 4) is 0 Å². The highest BCUT2D eigenvalue weighted by molar-refractivity contribution is 5.19. The van der Waals surface area contributed by atoms with Crippen molar-refractivity contribution in [2.24, 2.45) is 0 Å². The van der Waals surface area contributed by atoms with Crippen molar-refractivity contribution in [2.45, 2.75) is 45.4 Å². The van der Waals surface area contributed by atoms with Gasteiger partial charge in [-0.3, -0.25) is 0 Å². The maximum Gasteiger partial charge on any atom is 0.0431 e. The molecule has 2 heteroatoms. The molecule has 0 aromatic carbocycles. The first-order valence-corrected chi connectivity index (χ1v) is 6.53. The summed E-state index contributed by atoms with van der Waals surface area (Å²) in [6.45, 7) is 4.76. The average Bonchev–Trinajstić information content (AvgIpc) is 2.30. The fourth-order valence-electron chi connectivity index (χ4n) is 1.91. The number of unbranched alkanes of at least 4 members (excludes halogenated alkanes) is 5. The quantitative estimate of drug-likeness (QED) is 0.639. The number of hydrogen-bond donors (Lipinski definition) is 1. The lowest BCUT2D eigenvalue weighted by Crippen LogP contribution is -2.20. The maximum atomic E-state index is 8.64. The van der Waals surface area contributed by atoms with Gasteiger partial charge in [0.1, 0.15) is 0 Å². The molecular formula is C14H25NO. The van der Waals surface area contributed by atoms with Crippen LogP contribution in [0.1, 0.15) is 45.4 Å². The second kappa shape index (κ2) is 8.40. The molecule has 16 heavy (non-hydrogen) atoms. The van der Waals surface area contributed by atoms with Crippen LogP contribution in [0.4, 0.5) is 0 Å². The van der Waals surface area contributed by atoms with Gasteiger partial charge < -0.3 is 10.0 Å². The van der Waals surface area contributed by atoms with Crippen LogP contribution in [0, 0.1) is 0 Å². The fraction of sp³-hybridized carbons (Fsp3) is 0.714. The topological polar surface area (TPSA) is 23.5 Å². The normalized spacial score (nSPS) is 15.4. The highest BCUT2D eigenvalue weighted by Crippen LogP contribution is 2.09. The van der Waals surface area contributed by atoms with Crippen molar-refractivity contribution >= 4 is 0 Å². The monoisotopic (exact) mass is 223 g/mol. The Kier molecular flexibility index (Phi) is 6.98. The molecule has 0 aromatic heterocycles. The van der Waals surface area contributed by atoms with Crippen molar-refractivity contribution in [3.05, 3.63) is 23.9 Å². The average molecular weight is 223 g/mol. The minimum atomic E-state index is 0.351. The van der Waals surface area contributed by atoms with E-state index in [1.165, 1.54) is 44.2 Å². The van der Waals surface area contributed by atoms with E-state index < -0.39 is 0 Å². The number of aliphatic hydroxyl groups is 1. The molecule has 0 saturated carbocycles. The largest absolute Gasteiger partial charge is 0.396 e. The van der Waals surface area contributed by atoms with Gasteiger partial charge in [-0.15, -0.1) is 0 Å². The molecule has 0 unspecified atom stereocenters. The number of aliphatic hydroxyl groups excluding tert-OH is 1. The van der Waals surface area contributed by atoms with Crippen molar-refractivity contribution < 1.29 is 5.11 Å². The molecule has 0 saturated heterocycles. The van der Waals surface area contributed by atoms with E-state index in [0.717, 1.165) is 13.0 Å². The first-order valence-electron chi connectivity index (χ1n) is 6.53. The predicted octanol–water partition coefficient (Wildman–Crippen LogP) is 3.09. The third kappa shape index (κ3) is 5.96. The lowest BCUT2D eigenvalue weighted by atomic mass is 10.1. The Bertz CT molecular complexity index is 233. The van der Waals surface area contributed by atoms with E-state index in [1.54, 1.807) is 0 Å². The van der Waals surface area contributed by atoms with Crippen molar-refractivity contribution in [2.75, 3.05) is 19.7 Å². The van der Waals surface area contributed by atoms with Crippen LogP contribution in [0.2, 0.25) is 0 Å². The highest BCUT2D eigenvalue weighted by atomic mass is 16.2. The maximum absolute atomic E-state index is 8.64. The van der Waals surface area contributed by atoms with Gasteiger partial charge in [-0.25, -0.2) is 0 Å². The summed E-state index contributed by atoms with van der Waals surface area (Å²) in [5.41, 5.74) is 1.38. The van der Waals surface area contributed by atoms with Gasteiger partial charge in [0.2, 0.25) is 0 Å². The molecule has 0 fully saturated rings. The van der Waals surface area contributed by atoms with Gasteiger partial charge in [0.15, 0.2) is 0 Å². The molecular weight excluding hydrogens is 198 g/mol. The Morgan fingerprint density at radius 1 is 1.12 bits per heavy atom. The molecule has 2 nitrogen and oxygen atoms in total. The van der Waals surface area contributed by atoms with Crippen molar-refractivity contribution in [1.29, 1.82) is 0 Å². The van der Waals surface area contributed by atoms with Crippen LogP contribution >= 0.6 is 0 Å². The molecule has 0 radical (unpaired) electrons. The second-order valence-electron chi connectivity index (χ2n) is 4.60. The molecule has 92 valence electrons. The van der Waals surface area contributed by atoms with Gasteiger partial charge >= 0.3 is 0 Å². The van der Waals surface area contributed by atoms with E-state index in [1.807, 2.05) is 0 Å². The van der Waals surface area contributed by atoms with Gasteiger partial charge in [0.25, 0.3) is 0 Å². The highest BCUT2D eigenvalue weighted by Gasteiger charge is 2.01. The smallest absolute Gasteiger partial charge is 0.0431 e. The zero-order valence-corrected chi connectivity index (χ0v) is 10.5. The van der Waals surface area contributed by atoms with E-state index in [0.29, 0.717) is 6.61 Å². The van der Waals surface area contributed by atoms with E-state index in [-0.39, 0.29) is 0 Å². The van der Waals surface area contributed by atoms with Crippen LogP contribution in [0.25, 0.3) is 0 Å². The Hall–Kier alpha value is -0.760. The number of hydrogen-bond acceptors (Lipinski definition) is 2. The standard InChI is InChI=1S/C14H25NO/c1-14-8-11-15(12-9-14)10-6-4-2-3-5-7-13-16/h8-9,11,16H,2-7,10,12-13H2,1H3. The molecule has 0 bridgehead atoms. The Balaban J connectivity index is 1.90. The second-order valence-corrected chi connectivity index (χ2v) is 4.60. The minimum Gasteiger partial charge on any atom is -0.396 e.